The van der Waals surface area contributed by atoms with Crippen LogP contribution in [0.1, 0.15) is 30.9 Å². The van der Waals surface area contributed by atoms with Gasteiger partial charge in [-0.2, -0.15) is 10.1 Å². The molecule has 1 atom stereocenters. The summed E-state index contributed by atoms with van der Waals surface area (Å²) in [5, 5.41) is 5.75. The van der Waals surface area contributed by atoms with Gasteiger partial charge < -0.3 is 9.64 Å². The van der Waals surface area contributed by atoms with Gasteiger partial charge in [0.15, 0.2) is 0 Å². The molecular weight excluding hydrogens is 363 g/mol. The maximum Gasteiger partial charge on any atom is 0.318 e. The van der Waals surface area contributed by atoms with Crippen LogP contribution < -0.4 is 9.64 Å². The van der Waals surface area contributed by atoms with Gasteiger partial charge >= 0.3 is 6.01 Å². The van der Waals surface area contributed by atoms with Gasteiger partial charge in [0.1, 0.15) is 11.6 Å². The van der Waals surface area contributed by atoms with E-state index in [-0.39, 0.29) is 17.9 Å². The van der Waals surface area contributed by atoms with Crippen LogP contribution in [-0.4, -0.2) is 52.3 Å². The molecule has 0 aromatic carbocycles. The molecule has 1 fully saturated rings. The summed E-state index contributed by atoms with van der Waals surface area (Å²) < 4.78 is 18.6. The summed E-state index contributed by atoms with van der Waals surface area (Å²) in [6, 6.07) is 3.29. The molecule has 0 spiro atoms. The SMILES string of the molecule is COc1nccc(N2CCC(C(=O)N3N=CCC3c3cncc(F)c3)CC2)n1. The number of rotatable bonds is 4. The molecule has 2 aliphatic heterocycles. The number of anilines is 1. The van der Waals surface area contributed by atoms with Crippen molar-refractivity contribution < 1.29 is 13.9 Å². The highest BCUT2D eigenvalue weighted by Gasteiger charge is 2.35. The highest BCUT2D eigenvalue weighted by molar-refractivity contribution is 5.82. The molecule has 2 aliphatic rings. The molecule has 0 aliphatic carbocycles. The number of nitrogens with zero attached hydrogens (tertiary/aromatic N) is 6. The van der Waals surface area contributed by atoms with Crippen molar-refractivity contribution in [3.05, 3.63) is 42.1 Å². The number of aromatic nitrogens is 3. The largest absolute Gasteiger partial charge is 0.467 e. The van der Waals surface area contributed by atoms with Crippen LogP contribution in [0.25, 0.3) is 0 Å². The van der Waals surface area contributed by atoms with Crippen LogP contribution in [0.3, 0.4) is 0 Å². The molecule has 1 unspecified atom stereocenters. The topological polar surface area (TPSA) is 83.8 Å². The number of ether oxygens (including phenoxy) is 1. The van der Waals surface area contributed by atoms with Gasteiger partial charge in [0.05, 0.1) is 19.3 Å². The molecule has 0 bridgehead atoms. The molecular formula is C19H21FN6O2. The van der Waals surface area contributed by atoms with Gasteiger partial charge in [-0.25, -0.2) is 14.4 Å². The first-order chi connectivity index (χ1) is 13.7. The first kappa shape index (κ1) is 18.3. The van der Waals surface area contributed by atoms with Crippen molar-refractivity contribution in [3.63, 3.8) is 0 Å². The van der Waals surface area contributed by atoms with E-state index in [0.29, 0.717) is 43.9 Å². The summed E-state index contributed by atoms with van der Waals surface area (Å²) >= 11 is 0. The molecule has 146 valence electrons. The highest BCUT2D eigenvalue weighted by Crippen LogP contribution is 2.32. The quantitative estimate of drug-likeness (QED) is 0.804. The van der Waals surface area contributed by atoms with Gasteiger partial charge in [0.25, 0.3) is 0 Å². The summed E-state index contributed by atoms with van der Waals surface area (Å²) in [4.78, 5) is 27.4. The third kappa shape index (κ3) is 3.64. The lowest BCUT2D eigenvalue weighted by molar-refractivity contribution is -0.138. The summed E-state index contributed by atoms with van der Waals surface area (Å²) in [7, 11) is 1.53. The summed E-state index contributed by atoms with van der Waals surface area (Å²) in [6.07, 6.45) is 8.08. The standard InChI is InChI=1S/C19H21FN6O2/c1-28-19-22-6-3-17(24-19)25-8-4-13(5-9-25)18(27)26-16(2-7-23-26)14-10-15(20)12-21-11-14/h3,6-7,10-13,16H,2,4-5,8-9H2,1H3. The van der Waals surface area contributed by atoms with E-state index in [1.165, 1.54) is 18.2 Å². The molecule has 0 radical (unpaired) electrons. The van der Waals surface area contributed by atoms with Crippen LogP contribution in [0, 0.1) is 11.7 Å². The van der Waals surface area contributed by atoms with Crippen LogP contribution >= 0.6 is 0 Å². The number of amides is 1. The van der Waals surface area contributed by atoms with E-state index in [9.17, 15) is 9.18 Å². The Morgan fingerprint density at radius 2 is 2.11 bits per heavy atom. The molecule has 0 saturated carbocycles. The van der Waals surface area contributed by atoms with Crippen molar-refractivity contribution in [2.45, 2.75) is 25.3 Å². The fraction of sp³-hybridized carbons (Fsp3) is 0.421. The number of piperidine rings is 1. The van der Waals surface area contributed by atoms with Gasteiger partial charge in [-0.3, -0.25) is 9.78 Å². The average Bonchev–Trinajstić information content (AvgIpc) is 3.23. The lowest BCUT2D eigenvalue weighted by Gasteiger charge is -2.34. The Kier molecular flexibility index (Phi) is 5.14. The molecule has 4 rings (SSSR count). The minimum atomic E-state index is -0.412. The molecule has 1 saturated heterocycles. The van der Waals surface area contributed by atoms with E-state index in [1.807, 2.05) is 6.07 Å². The Morgan fingerprint density at radius 1 is 1.29 bits per heavy atom. The van der Waals surface area contributed by atoms with Crippen molar-refractivity contribution in [1.29, 1.82) is 0 Å². The molecule has 8 nitrogen and oxygen atoms in total. The van der Waals surface area contributed by atoms with E-state index in [4.69, 9.17) is 4.74 Å². The fourth-order valence-corrected chi connectivity index (χ4v) is 3.66. The lowest BCUT2D eigenvalue weighted by Crippen LogP contribution is -2.41. The summed E-state index contributed by atoms with van der Waals surface area (Å²) in [6.45, 7) is 1.42. The first-order valence-electron chi connectivity index (χ1n) is 9.23. The maximum atomic E-state index is 13.5. The van der Waals surface area contributed by atoms with Crippen molar-refractivity contribution in [1.82, 2.24) is 20.0 Å². The van der Waals surface area contributed by atoms with Gasteiger partial charge in [-0.1, -0.05) is 0 Å². The normalized spacial score (nSPS) is 19.9. The van der Waals surface area contributed by atoms with Crippen molar-refractivity contribution in [2.24, 2.45) is 11.0 Å². The van der Waals surface area contributed by atoms with Gasteiger partial charge in [0.2, 0.25) is 5.91 Å². The minimum absolute atomic E-state index is 0.0251. The second kappa shape index (κ2) is 7.87. The predicted octanol–water partition coefficient (Wildman–Crippen LogP) is 2.20. The number of halogens is 1. The smallest absolute Gasteiger partial charge is 0.318 e. The molecule has 2 aromatic heterocycles. The number of carbonyl (C=O) groups excluding carboxylic acids is 1. The van der Waals surface area contributed by atoms with Crippen molar-refractivity contribution >= 4 is 17.9 Å². The minimum Gasteiger partial charge on any atom is -0.467 e. The van der Waals surface area contributed by atoms with E-state index < -0.39 is 5.82 Å². The second-order valence-corrected chi connectivity index (χ2v) is 6.83. The Morgan fingerprint density at radius 3 is 2.86 bits per heavy atom. The van der Waals surface area contributed by atoms with Crippen LogP contribution in [0.5, 0.6) is 6.01 Å². The Bertz CT molecular complexity index is 884. The second-order valence-electron chi connectivity index (χ2n) is 6.83. The number of hydrogen-bond donors (Lipinski definition) is 0. The molecule has 0 N–H and O–H groups in total. The highest BCUT2D eigenvalue weighted by atomic mass is 19.1. The fourth-order valence-electron chi connectivity index (χ4n) is 3.66. The third-order valence-electron chi connectivity index (χ3n) is 5.14. The molecule has 4 heterocycles. The molecule has 28 heavy (non-hydrogen) atoms. The molecule has 9 heteroatoms. The average molecular weight is 384 g/mol. The number of methoxy groups -OCH3 is 1. The number of carbonyl (C=O) groups is 1. The van der Waals surface area contributed by atoms with Crippen LogP contribution in [0.15, 0.2) is 35.8 Å². The zero-order valence-electron chi connectivity index (χ0n) is 15.5. The monoisotopic (exact) mass is 384 g/mol. The van der Waals surface area contributed by atoms with Gasteiger partial charge in [-0.15, -0.1) is 0 Å². The zero-order chi connectivity index (χ0) is 19.5. The van der Waals surface area contributed by atoms with Gasteiger partial charge in [-0.05, 0) is 30.5 Å². The Labute approximate surface area is 162 Å². The van der Waals surface area contributed by atoms with E-state index in [0.717, 1.165) is 12.0 Å². The predicted molar refractivity (Wildman–Crippen MR) is 100 cm³/mol. The summed E-state index contributed by atoms with van der Waals surface area (Å²) in [5.41, 5.74) is 0.663. The Hall–Kier alpha value is -3.10. The first-order valence-corrected chi connectivity index (χ1v) is 9.23. The van der Waals surface area contributed by atoms with Gasteiger partial charge in [0, 0.05) is 44.0 Å². The zero-order valence-corrected chi connectivity index (χ0v) is 15.5. The van der Waals surface area contributed by atoms with E-state index >= 15 is 0 Å². The summed E-state index contributed by atoms with van der Waals surface area (Å²) in [5.74, 6) is 0.230. The molecule has 1 amide bonds. The van der Waals surface area contributed by atoms with Crippen LogP contribution in [0.2, 0.25) is 0 Å². The third-order valence-corrected chi connectivity index (χ3v) is 5.14. The number of pyridine rings is 1. The van der Waals surface area contributed by atoms with E-state index in [2.05, 4.69) is 25.0 Å². The Balaban J connectivity index is 1.41. The molecule has 2 aromatic rings. The van der Waals surface area contributed by atoms with E-state index in [1.54, 1.807) is 18.6 Å². The van der Waals surface area contributed by atoms with Crippen LogP contribution in [-0.2, 0) is 4.79 Å². The van der Waals surface area contributed by atoms with Crippen LogP contribution in [0.4, 0.5) is 10.2 Å². The maximum absolute atomic E-state index is 13.5. The number of hydrogen-bond acceptors (Lipinski definition) is 7. The number of hydrazone groups is 1. The van der Waals surface area contributed by atoms with Crippen molar-refractivity contribution in [3.8, 4) is 6.01 Å². The van der Waals surface area contributed by atoms with Crippen molar-refractivity contribution in [2.75, 3.05) is 25.1 Å². The lowest BCUT2D eigenvalue weighted by atomic mass is 9.94.